The Morgan fingerprint density at radius 1 is 1.60 bits per heavy atom. The van der Waals surface area contributed by atoms with Gasteiger partial charge in [0.2, 0.25) is 0 Å². The van der Waals surface area contributed by atoms with Crippen molar-refractivity contribution >= 4 is 5.69 Å². The van der Waals surface area contributed by atoms with Crippen LogP contribution in [-0.4, -0.2) is 25.3 Å². The molecule has 82 valence electrons. The van der Waals surface area contributed by atoms with Crippen LogP contribution in [0.5, 0.6) is 5.75 Å². The van der Waals surface area contributed by atoms with E-state index in [1.54, 1.807) is 7.11 Å². The lowest BCUT2D eigenvalue weighted by atomic mass is 9.90. The van der Waals surface area contributed by atoms with Gasteiger partial charge in [0.05, 0.1) is 18.9 Å². The van der Waals surface area contributed by atoms with E-state index in [4.69, 9.17) is 10.5 Å². The number of hydrogen-bond acceptors (Lipinski definition) is 4. The highest BCUT2D eigenvalue weighted by Crippen LogP contribution is 2.38. The molecule has 1 aliphatic heterocycles. The van der Waals surface area contributed by atoms with Gasteiger partial charge in [0.1, 0.15) is 5.75 Å². The molecule has 1 aromatic carbocycles. The Labute approximate surface area is 89.0 Å². The van der Waals surface area contributed by atoms with Crippen molar-refractivity contribution in [3.05, 3.63) is 23.8 Å². The van der Waals surface area contributed by atoms with E-state index in [0.29, 0.717) is 13.1 Å². The second-order valence-electron chi connectivity index (χ2n) is 3.75. The van der Waals surface area contributed by atoms with E-state index in [0.717, 1.165) is 17.0 Å². The first kappa shape index (κ1) is 10.3. The minimum atomic E-state index is -0.499. The number of para-hydroxylation sites is 1. The lowest BCUT2D eigenvalue weighted by Crippen LogP contribution is -2.33. The maximum atomic E-state index is 10.1. The van der Waals surface area contributed by atoms with E-state index in [2.05, 4.69) is 5.32 Å². The van der Waals surface area contributed by atoms with Gasteiger partial charge in [0.15, 0.2) is 0 Å². The molecule has 4 heteroatoms. The molecule has 2 unspecified atom stereocenters. The molecule has 0 saturated heterocycles. The summed E-state index contributed by atoms with van der Waals surface area (Å²) in [4.78, 5) is 0. The molecule has 0 aromatic heterocycles. The molecule has 0 amide bonds. The first-order valence-corrected chi connectivity index (χ1v) is 5.06. The van der Waals surface area contributed by atoms with Gasteiger partial charge in [-0.3, -0.25) is 0 Å². The molecule has 0 bridgehead atoms. The number of methoxy groups -OCH3 is 1. The number of aliphatic hydroxyl groups excluding tert-OH is 1. The zero-order chi connectivity index (χ0) is 10.8. The fourth-order valence-corrected chi connectivity index (χ4v) is 1.96. The lowest BCUT2D eigenvalue weighted by molar-refractivity contribution is 0.114. The van der Waals surface area contributed by atoms with Gasteiger partial charge in [-0.15, -0.1) is 0 Å². The van der Waals surface area contributed by atoms with Crippen LogP contribution in [0.15, 0.2) is 18.2 Å². The Balaban J connectivity index is 2.40. The predicted molar refractivity (Wildman–Crippen MR) is 59.0 cm³/mol. The molecule has 0 saturated carbocycles. The van der Waals surface area contributed by atoms with Crippen molar-refractivity contribution in [3.8, 4) is 5.75 Å². The molecule has 1 aromatic rings. The number of ether oxygens (including phenoxy) is 1. The standard InChI is InChI=1S/C11H16N2O2/c1-15-9-4-2-3-8-10(9)13-6-7(5-12)11(8)14/h2-4,7,11,13-14H,5-6,12H2,1H3. The summed E-state index contributed by atoms with van der Waals surface area (Å²) in [5.74, 6) is 0.839. The van der Waals surface area contributed by atoms with Crippen molar-refractivity contribution in [2.24, 2.45) is 11.7 Å². The number of fused-ring (bicyclic) bond motifs is 1. The van der Waals surface area contributed by atoms with Crippen molar-refractivity contribution in [1.29, 1.82) is 0 Å². The molecular weight excluding hydrogens is 192 g/mol. The van der Waals surface area contributed by atoms with Gasteiger partial charge in [0.25, 0.3) is 0 Å². The Morgan fingerprint density at radius 2 is 2.40 bits per heavy atom. The summed E-state index contributed by atoms with van der Waals surface area (Å²) in [6.45, 7) is 1.16. The molecule has 0 radical (unpaired) electrons. The fourth-order valence-electron chi connectivity index (χ4n) is 1.96. The summed E-state index contributed by atoms with van der Waals surface area (Å²) in [7, 11) is 1.62. The van der Waals surface area contributed by atoms with Gasteiger partial charge in [-0.25, -0.2) is 0 Å². The highest BCUT2D eigenvalue weighted by molar-refractivity contribution is 5.64. The highest BCUT2D eigenvalue weighted by atomic mass is 16.5. The zero-order valence-corrected chi connectivity index (χ0v) is 8.73. The van der Waals surface area contributed by atoms with Crippen LogP contribution >= 0.6 is 0 Å². The third kappa shape index (κ3) is 1.66. The van der Waals surface area contributed by atoms with E-state index < -0.39 is 6.10 Å². The molecule has 1 aliphatic rings. The second kappa shape index (κ2) is 4.08. The van der Waals surface area contributed by atoms with Gasteiger partial charge in [-0.05, 0) is 12.6 Å². The van der Waals surface area contributed by atoms with Crippen molar-refractivity contribution in [3.63, 3.8) is 0 Å². The molecule has 1 heterocycles. The summed E-state index contributed by atoms with van der Waals surface area (Å²) in [6, 6.07) is 5.65. The van der Waals surface area contributed by atoms with Crippen LogP contribution in [0.4, 0.5) is 5.69 Å². The predicted octanol–water partition coefficient (Wildman–Crippen LogP) is 0.729. The quantitative estimate of drug-likeness (QED) is 0.670. The van der Waals surface area contributed by atoms with Crippen LogP contribution in [0.1, 0.15) is 11.7 Å². The van der Waals surface area contributed by atoms with Crippen LogP contribution in [-0.2, 0) is 0 Å². The Morgan fingerprint density at radius 3 is 3.07 bits per heavy atom. The van der Waals surface area contributed by atoms with Crippen LogP contribution in [0.25, 0.3) is 0 Å². The highest BCUT2D eigenvalue weighted by Gasteiger charge is 2.28. The molecule has 0 spiro atoms. The third-order valence-electron chi connectivity index (χ3n) is 2.89. The lowest BCUT2D eigenvalue weighted by Gasteiger charge is -2.31. The zero-order valence-electron chi connectivity index (χ0n) is 8.73. The van der Waals surface area contributed by atoms with Crippen LogP contribution in [0, 0.1) is 5.92 Å². The maximum absolute atomic E-state index is 10.1. The summed E-state index contributed by atoms with van der Waals surface area (Å²) < 4.78 is 5.22. The number of anilines is 1. The van der Waals surface area contributed by atoms with E-state index in [-0.39, 0.29) is 5.92 Å². The van der Waals surface area contributed by atoms with Gasteiger partial charge in [-0.2, -0.15) is 0 Å². The molecular formula is C11H16N2O2. The SMILES string of the molecule is COc1cccc2c1NCC(CN)C2O. The van der Waals surface area contributed by atoms with Crippen molar-refractivity contribution in [1.82, 2.24) is 0 Å². The second-order valence-corrected chi connectivity index (χ2v) is 3.75. The van der Waals surface area contributed by atoms with Crippen LogP contribution in [0.2, 0.25) is 0 Å². The molecule has 4 N–H and O–H groups in total. The van der Waals surface area contributed by atoms with E-state index in [1.807, 2.05) is 18.2 Å². The number of nitrogens with one attached hydrogen (secondary N) is 1. The molecule has 4 nitrogen and oxygen atoms in total. The largest absolute Gasteiger partial charge is 0.495 e. The topological polar surface area (TPSA) is 67.5 Å². The van der Waals surface area contributed by atoms with Crippen molar-refractivity contribution < 1.29 is 9.84 Å². The minimum absolute atomic E-state index is 0.0737. The summed E-state index contributed by atoms with van der Waals surface area (Å²) >= 11 is 0. The van der Waals surface area contributed by atoms with E-state index >= 15 is 0 Å². The van der Waals surface area contributed by atoms with Crippen molar-refractivity contribution in [2.75, 3.05) is 25.5 Å². The third-order valence-corrected chi connectivity index (χ3v) is 2.89. The number of rotatable bonds is 2. The normalized spacial score (nSPS) is 24.2. The number of hydrogen-bond donors (Lipinski definition) is 3. The Hall–Kier alpha value is -1.26. The monoisotopic (exact) mass is 208 g/mol. The minimum Gasteiger partial charge on any atom is -0.495 e. The number of benzene rings is 1. The average molecular weight is 208 g/mol. The smallest absolute Gasteiger partial charge is 0.142 e. The first-order valence-electron chi connectivity index (χ1n) is 5.06. The fraction of sp³-hybridized carbons (Fsp3) is 0.455. The summed E-state index contributed by atoms with van der Waals surface area (Å²) in [5.41, 5.74) is 7.35. The number of aliphatic hydroxyl groups is 1. The molecule has 0 aliphatic carbocycles. The average Bonchev–Trinajstić information content (AvgIpc) is 2.29. The van der Waals surface area contributed by atoms with Crippen molar-refractivity contribution in [2.45, 2.75) is 6.10 Å². The Bertz CT molecular complexity index is 354. The summed E-state index contributed by atoms with van der Waals surface area (Å²) in [5, 5.41) is 13.3. The van der Waals surface area contributed by atoms with Gasteiger partial charge < -0.3 is 20.9 Å². The maximum Gasteiger partial charge on any atom is 0.142 e. The van der Waals surface area contributed by atoms with E-state index in [9.17, 15) is 5.11 Å². The molecule has 2 atom stereocenters. The van der Waals surface area contributed by atoms with Gasteiger partial charge in [-0.1, -0.05) is 12.1 Å². The Kier molecular flexibility index (Phi) is 2.79. The first-order chi connectivity index (χ1) is 7.27. The van der Waals surface area contributed by atoms with Crippen LogP contribution < -0.4 is 15.8 Å². The molecule has 15 heavy (non-hydrogen) atoms. The number of nitrogens with two attached hydrogens (primary N) is 1. The molecule has 2 rings (SSSR count). The van der Waals surface area contributed by atoms with Gasteiger partial charge >= 0.3 is 0 Å². The molecule has 0 fully saturated rings. The van der Waals surface area contributed by atoms with Crippen LogP contribution in [0.3, 0.4) is 0 Å². The summed E-state index contributed by atoms with van der Waals surface area (Å²) in [6.07, 6.45) is -0.499. The van der Waals surface area contributed by atoms with Gasteiger partial charge in [0, 0.05) is 18.0 Å². The van der Waals surface area contributed by atoms with E-state index in [1.165, 1.54) is 0 Å².